The first-order valence-corrected chi connectivity index (χ1v) is 9.34. The van der Waals surface area contributed by atoms with E-state index in [-0.39, 0.29) is 13.2 Å². The molecule has 0 radical (unpaired) electrons. The Bertz CT molecular complexity index is 716. The third kappa shape index (κ3) is 7.47. The number of carbonyl (C=O) groups is 1. The Morgan fingerprint density at radius 2 is 1.75 bits per heavy atom. The van der Waals surface area contributed by atoms with Gasteiger partial charge in [0.25, 0.3) is 0 Å². The highest BCUT2D eigenvalue weighted by Gasteiger charge is 2.14. The van der Waals surface area contributed by atoms with Gasteiger partial charge in [-0.15, -0.1) is 0 Å². The second-order valence-corrected chi connectivity index (χ2v) is 6.46. The van der Waals surface area contributed by atoms with E-state index in [2.05, 4.69) is 9.88 Å². The van der Waals surface area contributed by atoms with Crippen molar-refractivity contribution >= 4 is 17.1 Å². The summed E-state index contributed by atoms with van der Waals surface area (Å²) in [4.78, 5) is 17.3. The van der Waals surface area contributed by atoms with E-state index in [1.807, 2.05) is 32.4 Å². The zero-order valence-corrected chi connectivity index (χ0v) is 16.9. The monoisotopic (exact) mass is 394 g/mol. The molecule has 0 bridgehead atoms. The third-order valence-electron chi connectivity index (χ3n) is 4.02. The molecule has 0 spiro atoms. The molecule has 8 heteroatoms. The van der Waals surface area contributed by atoms with Crippen molar-refractivity contribution in [1.29, 1.82) is 0 Å². The van der Waals surface area contributed by atoms with Crippen LogP contribution in [0.4, 0.5) is 4.79 Å². The van der Waals surface area contributed by atoms with Gasteiger partial charge in [-0.1, -0.05) is 6.07 Å². The molecule has 8 nitrogen and oxygen atoms in total. The summed E-state index contributed by atoms with van der Waals surface area (Å²) >= 11 is 0. The Hall–Kier alpha value is -2.13. The van der Waals surface area contributed by atoms with Crippen molar-refractivity contribution in [3.8, 4) is 5.75 Å². The standard InChI is InChI=1S/C20H30N2O6/c1-22(2)8-7-16-15-21-17-5-4-6-18(19(16)17)28-20(23)27-14-13-26-12-11-25-10-9-24-3/h4-6,15,21H,7-14H2,1-3H3. The van der Waals surface area contributed by atoms with E-state index in [9.17, 15) is 4.79 Å². The summed E-state index contributed by atoms with van der Waals surface area (Å²) in [6, 6.07) is 5.56. The fourth-order valence-electron chi connectivity index (χ4n) is 2.61. The number of fused-ring (bicyclic) bond motifs is 1. The number of hydrogen-bond acceptors (Lipinski definition) is 7. The summed E-state index contributed by atoms with van der Waals surface area (Å²) in [6.07, 6.45) is 2.06. The number of carbonyl (C=O) groups excluding carboxylic acids is 1. The molecule has 1 aromatic heterocycles. The number of methoxy groups -OCH3 is 1. The van der Waals surface area contributed by atoms with Crippen molar-refractivity contribution in [2.24, 2.45) is 0 Å². The molecular weight excluding hydrogens is 364 g/mol. The number of rotatable bonds is 13. The number of hydrogen-bond donors (Lipinski definition) is 1. The summed E-state index contributed by atoms with van der Waals surface area (Å²) < 4.78 is 26.0. The largest absolute Gasteiger partial charge is 0.513 e. The van der Waals surface area contributed by atoms with E-state index < -0.39 is 6.16 Å². The minimum atomic E-state index is -0.743. The van der Waals surface area contributed by atoms with Crippen molar-refractivity contribution in [1.82, 2.24) is 9.88 Å². The van der Waals surface area contributed by atoms with Crippen LogP contribution in [-0.2, 0) is 25.4 Å². The van der Waals surface area contributed by atoms with Gasteiger partial charge in [0.05, 0.1) is 33.0 Å². The zero-order chi connectivity index (χ0) is 20.2. The molecular formula is C20H30N2O6. The normalized spacial score (nSPS) is 11.3. The number of H-pyrrole nitrogens is 1. The number of nitrogens with one attached hydrogen (secondary N) is 1. The average molecular weight is 394 g/mol. The minimum Gasteiger partial charge on any atom is -0.432 e. The number of ether oxygens (including phenoxy) is 5. The fraction of sp³-hybridized carbons (Fsp3) is 0.550. The third-order valence-corrected chi connectivity index (χ3v) is 4.02. The van der Waals surface area contributed by atoms with E-state index in [1.54, 1.807) is 13.2 Å². The van der Waals surface area contributed by atoms with Gasteiger partial charge in [0.2, 0.25) is 0 Å². The molecule has 1 aromatic carbocycles. The number of aromatic nitrogens is 1. The molecule has 156 valence electrons. The van der Waals surface area contributed by atoms with Gasteiger partial charge in [0, 0.05) is 30.8 Å². The van der Waals surface area contributed by atoms with Crippen LogP contribution in [0, 0.1) is 0 Å². The molecule has 2 aromatic rings. The Labute approximate surface area is 165 Å². The van der Waals surface area contributed by atoms with Crippen molar-refractivity contribution in [2.45, 2.75) is 6.42 Å². The number of aromatic amines is 1. The summed E-state index contributed by atoms with van der Waals surface area (Å²) in [5.74, 6) is 0.491. The van der Waals surface area contributed by atoms with Crippen LogP contribution in [0.25, 0.3) is 10.9 Å². The Kier molecular flexibility index (Phi) is 9.78. The lowest BCUT2D eigenvalue weighted by molar-refractivity contribution is 0.00867. The highest BCUT2D eigenvalue weighted by Crippen LogP contribution is 2.29. The summed E-state index contributed by atoms with van der Waals surface area (Å²) in [6.45, 7) is 3.29. The molecule has 0 saturated heterocycles. The van der Waals surface area contributed by atoms with Gasteiger partial charge < -0.3 is 33.6 Å². The molecule has 0 fully saturated rings. The second-order valence-electron chi connectivity index (χ2n) is 6.46. The van der Waals surface area contributed by atoms with Crippen LogP contribution in [0.5, 0.6) is 5.75 Å². The highest BCUT2D eigenvalue weighted by atomic mass is 16.7. The predicted molar refractivity (Wildman–Crippen MR) is 106 cm³/mol. The van der Waals surface area contributed by atoms with Gasteiger partial charge in [-0.3, -0.25) is 0 Å². The van der Waals surface area contributed by atoms with E-state index in [0.29, 0.717) is 32.2 Å². The lowest BCUT2D eigenvalue weighted by Crippen LogP contribution is -2.16. The Balaban J connectivity index is 1.76. The molecule has 0 atom stereocenters. The molecule has 0 aliphatic rings. The van der Waals surface area contributed by atoms with Crippen LogP contribution >= 0.6 is 0 Å². The van der Waals surface area contributed by atoms with Crippen molar-refractivity contribution in [3.63, 3.8) is 0 Å². The number of benzene rings is 1. The summed E-state index contributed by atoms with van der Waals surface area (Å²) in [5.41, 5.74) is 2.03. The zero-order valence-electron chi connectivity index (χ0n) is 16.9. The van der Waals surface area contributed by atoms with Crippen LogP contribution in [-0.4, -0.2) is 83.4 Å². The average Bonchev–Trinajstić information content (AvgIpc) is 3.09. The Morgan fingerprint density at radius 3 is 2.46 bits per heavy atom. The molecule has 0 amide bonds. The van der Waals surface area contributed by atoms with Crippen molar-refractivity contribution in [3.05, 3.63) is 30.0 Å². The molecule has 0 unspecified atom stereocenters. The predicted octanol–water partition coefficient (Wildman–Crippen LogP) is 2.47. The van der Waals surface area contributed by atoms with Gasteiger partial charge in [-0.25, -0.2) is 4.79 Å². The molecule has 0 saturated carbocycles. The maximum atomic E-state index is 12.0. The molecule has 28 heavy (non-hydrogen) atoms. The quantitative estimate of drug-likeness (QED) is 0.317. The van der Waals surface area contributed by atoms with Crippen LogP contribution in [0.3, 0.4) is 0 Å². The van der Waals surface area contributed by atoms with Crippen molar-refractivity contribution in [2.75, 3.05) is 67.4 Å². The van der Waals surface area contributed by atoms with Gasteiger partial charge >= 0.3 is 6.16 Å². The van der Waals surface area contributed by atoms with Gasteiger partial charge in [0.15, 0.2) is 0 Å². The fourth-order valence-corrected chi connectivity index (χ4v) is 2.61. The lowest BCUT2D eigenvalue weighted by atomic mass is 10.1. The van der Waals surface area contributed by atoms with Crippen molar-refractivity contribution < 1.29 is 28.5 Å². The maximum absolute atomic E-state index is 12.0. The van der Waals surface area contributed by atoms with Gasteiger partial charge in [-0.2, -0.15) is 0 Å². The molecule has 1 heterocycles. The van der Waals surface area contributed by atoms with Crippen LogP contribution < -0.4 is 4.74 Å². The molecule has 2 rings (SSSR count). The number of nitrogens with zero attached hydrogens (tertiary/aromatic N) is 1. The molecule has 1 N–H and O–H groups in total. The number of likely N-dealkylation sites (N-methyl/N-ethyl adjacent to an activating group) is 1. The van der Waals surface area contributed by atoms with E-state index in [0.717, 1.165) is 29.4 Å². The SMILES string of the molecule is COCCOCCOCCOC(=O)Oc1cccc2[nH]cc(CCN(C)C)c12. The second kappa shape index (κ2) is 12.4. The molecule has 0 aliphatic heterocycles. The Morgan fingerprint density at radius 1 is 1.04 bits per heavy atom. The molecule has 0 aliphatic carbocycles. The van der Waals surface area contributed by atoms with Gasteiger partial charge in [-0.05, 0) is 38.2 Å². The summed E-state index contributed by atoms with van der Waals surface area (Å²) in [7, 11) is 5.67. The first kappa shape index (κ1) is 22.2. The van der Waals surface area contributed by atoms with E-state index in [1.165, 1.54) is 0 Å². The first-order valence-electron chi connectivity index (χ1n) is 9.34. The van der Waals surface area contributed by atoms with E-state index in [4.69, 9.17) is 23.7 Å². The van der Waals surface area contributed by atoms with Crippen LogP contribution in [0.2, 0.25) is 0 Å². The van der Waals surface area contributed by atoms with Crippen LogP contribution in [0.15, 0.2) is 24.4 Å². The van der Waals surface area contributed by atoms with Gasteiger partial charge in [0.1, 0.15) is 12.4 Å². The summed E-state index contributed by atoms with van der Waals surface area (Å²) in [5, 5.41) is 0.908. The highest BCUT2D eigenvalue weighted by molar-refractivity contribution is 5.90. The van der Waals surface area contributed by atoms with E-state index >= 15 is 0 Å². The topological polar surface area (TPSA) is 82.2 Å². The first-order chi connectivity index (χ1) is 13.6. The minimum absolute atomic E-state index is 0.119. The van der Waals surface area contributed by atoms with Crippen LogP contribution in [0.1, 0.15) is 5.56 Å². The maximum Gasteiger partial charge on any atom is 0.513 e. The lowest BCUT2D eigenvalue weighted by Gasteiger charge is -2.11. The smallest absolute Gasteiger partial charge is 0.432 e.